The Hall–Kier alpha value is -1.75. The number of urea groups is 1. The summed E-state index contributed by atoms with van der Waals surface area (Å²) < 4.78 is 10.8. The zero-order chi connectivity index (χ0) is 16.1. The van der Waals surface area contributed by atoms with Crippen molar-refractivity contribution in [2.24, 2.45) is 5.92 Å². The molecule has 0 spiro atoms. The van der Waals surface area contributed by atoms with Gasteiger partial charge in [-0.2, -0.15) is 0 Å². The summed E-state index contributed by atoms with van der Waals surface area (Å²) in [5.41, 5.74) is 1.12. The number of amides is 2. The first-order valence-electron chi connectivity index (χ1n) is 8.52. The maximum atomic E-state index is 12.5. The molecule has 0 bridgehead atoms. The number of para-hydroxylation sites is 1. The highest BCUT2D eigenvalue weighted by atomic mass is 16.5. The molecule has 2 fully saturated rings. The highest BCUT2D eigenvalue weighted by Crippen LogP contribution is 2.29. The minimum atomic E-state index is 0.0642. The molecule has 126 valence electrons. The van der Waals surface area contributed by atoms with E-state index < -0.39 is 0 Å². The molecule has 1 aliphatic carbocycles. The molecular weight excluding hydrogens is 292 g/mol. The lowest BCUT2D eigenvalue weighted by Crippen LogP contribution is -2.44. The van der Waals surface area contributed by atoms with Gasteiger partial charge in [-0.15, -0.1) is 0 Å². The molecule has 1 saturated heterocycles. The van der Waals surface area contributed by atoms with Crippen molar-refractivity contribution in [1.29, 1.82) is 0 Å². The van der Waals surface area contributed by atoms with Gasteiger partial charge < -0.3 is 19.7 Å². The van der Waals surface area contributed by atoms with Crippen molar-refractivity contribution in [2.45, 2.75) is 31.7 Å². The first kappa shape index (κ1) is 16.1. The van der Waals surface area contributed by atoms with Gasteiger partial charge in [0.2, 0.25) is 0 Å². The fourth-order valence-electron chi connectivity index (χ4n) is 3.10. The Labute approximate surface area is 137 Å². The van der Waals surface area contributed by atoms with Crippen LogP contribution in [0.5, 0.6) is 5.75 Å². The van der Waals surface area contributed by atoms with E-state index in [2.05, 4.69) is 5.32 Å². The SMILES string of the molecule is COc1ccccc1CCNC(=O)N(CC1CCOC1)C1CC1. The Bertz CT molecular complexity index is 525. The Morgan fingerprint density at radius 2 is 2.17 bits per heavy atom. The number of hydrogen-bond donors (Lipinski definition) is 1. The van der Waals surface area contributed by atoms with Gasteiger partial charge in [0.1, 0.15) is 5.75 Å². The van der Waals surface area contributed by atoms with Crippen LogP contribution in [0, 0.1) is 5.92 Å². The van der Waals surface area contributed by atoms with Crippen molar-refractivity contribution >= 4 is 6.03 Å². The largest absolute Gasteiger partial charge is 0.496 e. The third kappa shape index (κ3) is 4.38. The number of nitrogens with zero attached hydrogens (tertiary/aromatic N) is 1. The molecule has 1 unspecified atom stereocenters. The lowest BCUT2D eigenvalue weighted by atomic mass is 10.1. The molecule has 1 N–H and O–H groups in total. The quantitative estimate of drug-likeness (QED) is 0.840. The molecule has 5 heteroatoms. The van der Waals surface area contributed by atoms with Gasteiger partial charge in [0.15, 0.2) is 0 Å². The molecule has 1 atom stereocenters. The van der Waals surface area contributed by atoms with E-state index in [-0.39, 0.29) is 6.03 Å². The monoisotopic (exact) mass is 318 g/mol. The summed E-state index contributed by atoms with van der Waals surface area (Å²) in [7, 11) is 1.68. The Morgan fingerprint density at radius 3 is 2.87 bits per heavy atom. The summed E-state index contributed by atoms with van der Waals surface area (Å²) in [6.07, 6.45) is 4.11. The zero-order valence-electron chi connectivity index (χ0n) is 13.8. The summed E-state index contributed by atoms with van der Waals surface area (Å²) in [6, 6.07) is 8.44. The number of carbonyl (C=O) groups is 1. The molecule has 0 aromatic heterocycles. The molecule has 1 aromatic rings. The van der Waals surface area contributed by atoms with E-state index in [0.29, 0.717) is 18.5 Å². The second-order valence-corrected chi connectivity index (χ2v) is 6.41. The first-order valence-corrected chi connectivity index (χ1v) is 8.52. The van der Waals surface area contributed by atoms with E-state index in [1.807, 2.05) is 29.2 Å². The number of rotatable bonds is 7. The van der Waals surface area contributed by atoms with Crippen molar-refractivity contribution in [2.75, 3.05) is 33.4 Å². The molecule has 2 aliphatic rings. The van der Waals surface area contributed by atoms with Crippen LogP contribution in [0.15, 0.2) is 24.3 Å². The smallest absolute Gasteiger partial charge is 0.317 e. The topological polar surface area (TPSA) is 50.8 Å². The summed E-state index contributed by atoms with van der Waals surface area (Å²) in [5, 5.41) is 3.07. The summed E-state index contributed by atoms with van der Waals surface area (Å²) in [5.74, 6) is 1.37. The molecule has 5 nitrogen and oxygen atoms in total. The predicted octanol–water partition coefficient (Wildman–Crippen LogP) is 2.45. The van der Waals surface area contributed by atoms with E-state index in [1.54, 1.807) is 7.11 Å². The Kier molecular flexibility index (Phi) is 5.39. The van der Waals surface area contributed by atoms with Crippen molar-refractivity contribution < 1.29 is 14.3 Å². The maximum Gasteiger partial charge on any atom is 0.317 e. The van der Waals surface area contributed by atoms with E-state index in [4.69, 9.17) is 9.47 Å². The molecule has 0 radical (unpaired) electrons. The molecule has 1 saturated carbocycles. The molecular formula is C18H26N2O3. The predicted molar refractivity (Wildman–Crippen MR) is 88.8 cm³/mol. The molecule has 1 heterocycles. The lowest BCUT2D eigenvalue weighted by molar-refractivity contribution is 0.162. The van der Waals surface area contributed by atoms with Gasteiger partial charge in [0.25, 0.3) is 0 Å². The van der Waals surface area contributed by atoms with Gasteiger partial charge in [-0.1, -0.05) is 18.2 Å². The van der Waals surface area contributed by atoms with Crippen LogP contribution in [0.2, 0.25) is 0 Å². The standard InChI is InChI=1S/C18H26N2O3/c1-22-17-5-3-2-4-15(17)8-10-19-18(21)20(16-6-7-16)12-14-9-11-23-13-14/h2-5,14,16H,6-13H2,1H3,(H,19,21). The summed E-state index contributed by atoms with van der Waals surface area (Å²) in [6.45, 7) is 3.07. The number of hydrogen-bond acceptors (Lipinski definition) is 3. The van der Waals surface area contributed by atoms with Gasteiger partial charge in [-0.25, -0.2) is 4.79 Å². The maximum absolute atomic E-state index is 12.5. The number of benzene rings is 1. The van der Waals surface area contributed by atoms with E-state index in [0.717, 1.165) is 56.8 Å². The molecule has 3 rings (SSSR count). The third-order valence-electron chi connectivity index (χ3n) is 4.59. The van der Waals surface area contributed by atoms with E-state index in [1.165, 1.54) is 0 Å². The van der Waals surface area contributed by atoms with Crippen molar-refractivity contribution in [3.8, 4) is 5.75 Å². The van der Waals surface area contributed by atoms with Crippen LogP contribution in [0.4, 0.5) is 4.79 Å². The second-order valence-electron chi connectivity index (χ2n) is 6.41. The number of carbonyl (C=O) groups excluding carboxylic acids is 1. The molecule has 2 amide bonds. The van der Waals surface area contributed by atoms with E-state index >= 15 is 0 Å². The number of ether oxygens (including phenoxy) is 2. The molecule has 1 aromatic carbocycles. The lowest BCUT2D eigenvalue weighted by Gasteiger charge is -2.25. The van der Waals surface area contributed by atoms with Crippen LogP contribution in [0.1, 0.15) is 24.8 Å². The normalized spacial score (nSPS) is 20.3. The van der Waals surface area contributed by atoms with Crippen LogP contribution in [0.25, 0.3) is 0 Å². The van der Waals surface area contributed by atoms with Crippen LogP contribution < -0.4 is 10.1 Å². The summed E-state index contributed by atoms with van der Waals surface area (Å²) >= 11 is 0. The van der Waals surface area contributed by atoms with Crippen molar-refractivity contribution in [3.63, 3.8) is 0 Å². The minimum Gasteiger partial charge on any atom is -0.496 e. The first-order chi connectivity index (χ1) is 11.3. The van der Waals surface area contributed by atoms with Crippen LogP contribution >= 0.6 is 0 Å². The number of nitrogens with one attached hydrogen (secondary N) is 1. The van der Waals surface area contributed by atoms with Gasteiger partial charge in [-0.05, 0) is 37.3 Å². The fraction of sp³-hybridized carbons (Fsp3) is 0.611. The van der Waals surface area contributed by atoms with Gasteiger partial charge in [-0.3, -0.25) is 0 Å². The minimum absolute atomic E-state index is 0.0642. The van der Waals surface area contributed by atoms with Gasteiger partial charge >= 0.3 is 6.03 Å². The second kappa shape index (κ2) is 7.68. The third-order valence-corrected chi connectivity index (χ3v) is 4.59. The Balaban J connectivity index is 1.48. The number of methoxy groups -OCH3 is 1. The van der Waals surface area contributed by atoms with Crippen molar-refractivity contribution in [1.82, 2.24) is 10.2 Å². The Morgan fingerprint density at radius 1 is 1.35 bits per heavy atom. The van der Waals surface area contributed by atoms with Crippen LogP contribution in [-0.4, -0.2) is 50.4 Å². The highest BCUT2D eigenvalue weighted by molar-refractivity contribution is 5.75. The van der Waals surface area contributed by atoms with Gasteiger partial charge in [0.05, 0.1) is 13.7 Å². The van der Waals surface area contributed by atoms with Crippen molar-refractivity contribution in [3.05, 3.63) is 29.8 Å². The highest BCUT2D eigenvalue weighted by Gasteiger charge is 2.34. The van der Waals surface area contributed by atoms with Crippen LogP contribution in [0.3, 0.4) is 0 Å². The molecule has 1 aliphatic heterocycles. The van der Waals surface area contributed by atoms with Gasteiger partial charge in [0, 0.05) is 31.7 Å². The van der Waals surface area contributed by atoms with E-state index in [9.17, 15) is 4.79 Å². The average molecular weight is 318 g/mol. The average Bonchev–Trinajstić information content (AvgIpc) is 3.28. The van der Waals surface area contributed by atoms with Crippen LogP contribution in [-0.2, 0) is 11.2 Å². The summed E-state index contributed by atoms with van der Waals surface area (Å²) in [4.78, 5) is 14.5. The molecule has 23 heavy (non-hydrogen) atoms. The zero-order valence-corrected chi connectivity index (χ0v) is 13.8. The fourth-order valence-corrected chi connectivity index (χ4v) is 3.10.